The second kappa shape index (κ2) is 6.41. The maximum absolute atomic E-state index is 13.9. The molecule has 3 atom stereocenters. The van der Waals surface area contributed by atoms with Crippen molar-refractivity contribution in [3.05, 3.63) is 35.4 Å². The number of nitrogens with zero attached hydrogens (tertiary/aromatic N) is 1. The number of likely N-dealkylation sites (N-methyl/N-ethyl adjacent to an activating group) is 1. The molecule has 2 rings (SSSR count). The Balaban J connectivity index is 2.23. The van der Waals surface area contributed by atoms with Gasteiger partial charge in [-0.3, -0.25) is 0 Å². The molecule has 1 aliphatic carbocycles. The van der Waals surface area contributed by atoms with E-state index in [1.54, 1.807) is 12.1 Å². The lowest BCUT2D eigenvalue weighted by molar-refractivity contribution is 0.0501. The third-order valence-corrected chi connectivity index (χ3v) is 5.06. The van der Waals surface area contributed by atoms with E-state index in [0.717, 1.165) is 25.3 Å². The Labute approximate surface area is 126 Å². The van der Waals surface area contributed by atoms with Crippen molar-refractivity contribution in [3.8, 4) is 0 Å². The fourth-order valence-electron chi connectivity index (χ4n) is 3.77. The number of rotatable bonds is 4. The zero-order chi connectivity index (χ0) is 15.6. The SMILES string of the molecule is CC1CCCC(C(N)Cc2cccc(F)c2F)(N(C)C)C1. The number of halogens is 2. The molecule has 1 saturated carbocycles. The van der Waals surface area contributed by atoms with Gasteiger partial charge in [0.2, 0.25) is 0 Å². The van der Waals surface area contributed by atoms with Crippen LogP contribution in [0, 0.1) is 17.6 Å². The molecule has 3 unspecified atom stereocenters. The summed E-state index contributed by atoms with van der Waals surface area (Å²) in [5.74, 6) is -0.939. The molecule has 1 fully saturated rings. The molecule has 21 heavy (non-hydrogen) atoms. The second-order valence-corrected chi connectivity index (χ2v) is 6.72. The highest BCUT2D eigenvalue weighted by atomic mass is 19.2. The standard InChI is InChI=1S/C17H26F2N2/c1-12-6-5-9-17(11-12,21(2)3)15(20)10-13-7-4-8-14(18)16(13)19/h4,7-8,12,15H,5-6,9-11,20H2,1-3H3. The Hall–Kier alpha value is -1.00. The van der Waals surface area contributed by atoms with Crippen molar-refractivity contribution in [1.82, 2.24) is 4.90 Å². The molecule has 1 aromatic carbocycles. The smallest absolute Gasteiger partial charge is 0.162 e. The summed E-state index contributed by atoms with van der Waals surface area (Å²) in [6.45, 7) is 2.24. The van der Waals surface area contributed by atoms with E-state index in [0.29, 0.717) is 17.9 Å². The molecule has 0 bridgehead atoms. The van der Waals surface area contributed by atoms with Crippen LogP contribution in [0.5, 0.6) is 0 Å². The van der Waals surface area contributed by atoms with Gasteiger partial charge in [0.05, 0.1) is 0 Å². The normalized spacial score (nSPS) is 27.9. The number of benzene rings is 1. The van der Waals surface area contributed by atoms with Crippen molar-refractivity contribution in [2.45, 2.75) is 50.6 Å². The van der Waals surface area contributed by atoms with E-state index in [1.807, 2.05) is 14.1 Å². The minimum absolute atomic E-state index is 0.129. The lowest BCUT2D eigenvalue weighted by atomic mass is 9.70. The molecule has 0 aliphatic heterocycles. The molecular formula is C17H26F2N2. The van der Waals surface area contributed by atoms with E-state index in [1.165, 1.54) is 6.42 Å². The van der Waals surface area contributed by atoms with E-state index in [-0.39, 0.29) is 11.6 Å². The third kappa shape index (κ3) is 3.27. The van der Waals surface area contributed by atoms with Gasteiger partial charge in [-0.1, -0.05) is 31.9 Å². The van der Waals surface area contributed by atoms with Gasteiger partial charge in [-0.25, -0.2) is 8.78 Å². The molecule has 4 heteroatoms. The van der Waals surface area contributed by atoms with Gasteiger partial charge < -0.3 is 10.6 Å². The largest absolute Gasteiger partial charge is 0.326 e. The van der Waals surface area contributed by atoms with E-state index in [4.69, 9.17) is 5.73 Å². The Morgan fingerprint density at radius 1 is 1.38 bits per heavy atom. The summed E-state index contributed by atoms with van der Waals surface area (Å²) in [5.41, 5.74) is 6.72. The van der Waals surface area contributed by atoms with E-state index in [9.17, 15) is 8.78 Å². The summed E-state index contributed by atoms with van der Waals surface area (Å²) < 4.78 is 27.2. The van der Waals surface area contributed by atoms with Gasteiger partial charge in [0.1, 0.15) is 0 Å². The van der Waals surface area contributed by atoms with E-state index >= 15 is 0 Å². The second-order valence-electron chi connectivity index (χ2n) is 6.72. The van der Waals surface area contributed by atoms with Crippen LogP contribution in [0.4, 0.5) is 8.78 Å². The lowest BCUT2D eigenvalue weighted by Crippen LogP contribution is -2.60. The van der Waals surface area contributed by atoms with Crippen LogP contribution in [-0.4, -0.2) is 30.6 Å². The Kier molecular flexibility index (Phi) is 4.99. The van der Waals surface area contributed by atoms with Crippen molar-refractivity contribution >= 4 is 0 Å². The van der Waals surface area contributed by atoms with Crippen molar-refractivity contribution in [3.63, 3.8) is 0 Å². The average molecular weight is 296 g/mol. The first kappa shape index (κ1) is 16.4. The number of hydrogen-bond donors (Lipinski definition) is 1. The molecular weight excluding hydrogens is 270 g/mol. The van der Waals surface area contributed by atoms with Crippen LogP contribution in [0.2, 0.25) is 0 Å². The molecule has 1 aliphatic rings. The van der Waals surface area contributed by atoms with E-state index < -0.39 is 11.6 Å². The Morgan fingerprint density at radius 2 is 2.10 bits per heavy atom. The van der Waals surface area contributed by atoms with Crippen LogP contribution >= 0.6 is 0 Å². The van der Waals surface area contributed by atoms with Gasteiger partial charge in [0.15, 0.2) is 11.6 Å². The Bertz CT molecular complexity index is 490. The van der Waals surface area contributed by atoms with Crippen molar-refractivity contribution in [1.29, 1.82) is 0 Å². The van der Waals surface area contributed by atoms with Gasteiger partial charge in [-0.15, -0.1) is 0 Å². The van der Waals surface area contributed by atoms with Crippen LogP contribution in [0.1, 0.15) is 38.2 Å². The van der Waals surface area contributed by atoms with Gasteiger partial charge >= 0.3 is 0 Å². The molecule has 0 spiro atoms. The van der Waals surface area contributed by atoms with Crippen molar-refractivity contribution < 1.29 is 8.78 Å². The van der Waals surface area contributed by atoms with Crippen LogP contribution in [0.25, 0.3) is 0 Å². The molecule has 2 nitrogen and oxygen atoms in total. The summed E-state index contributed by atoms with van der Waals surface area (Å²) in [7, 11) is 4.08. The summed E-state index contributed by atoms with van der Waals surface area (Å²) >= 11 is 0. The first-order valence-electron chi connectivity index (χ1n) is 7.72. The highest BCUT2D eigenvalue weighted by Crippen LogP contribution is 2.38. The molecule has 2 N–H and O–H groups in total. The summed E-state index contributed by atoms with van der Waals surface area (Å²) in [6, 6.07) is 4.13. The van der Waals surface area contributed by atoms with Crippen LogP contribution in [-0.2, 0) is 6.42 Å². The van der Waals surface area contributed by atoms with Crippen molar-refractivity contribution in [2.75, 3.05) is 14.1 Å². The van der Waals surface area contributed by atoms with Gasteiger partial charge in [-0.2, -0.15) is 0 Å². The van der Waals surface area contributed by atoms with E-state index in [2.05, 4.69) is 11.8 Å². The molecule has 0 amide bonds. The van der Waals surface area contributed by atoms with Crippen molar-refractivity contribution in [2.24, 2.45) is 11.7 Å². The molecule has 0 radical (unpaired) electrons. The minimum atomic E-state index is -0.796. The molecule has 1 aromatic rings. The first-order chi connectivity index (χ1) is 9.86. The minimum Gasteiger partial charge on any atom is -0.326 e. The highest BCUT2D eigenvalue weighted by Gasteiger charge is 2.42. The summed E-state index contributed by atoms with van der Waals surface area (Å²) in [4.78, 5) is 2.19. The van der Waals surface area contributed by atoms with Crippen LogP contribution in [0.3, 0.4) is 0 Å². The zero-order valence-corrected chi connectivity index (χ0v) is 13.2. The topological polar surface area (TPSA) is 29.3 Å². The fourth-order valence-corrected chi connectivity index (χ4v) is 3.77. The first-order valence-corrected chi connectivity index (χ1v) is 7.72. The third-order valence-electron chi connectivity index (χ3n) is 5.06. The molecule has 0 heterocycles. The summed E-state index contributed by atoms with van der Waals surface area (Å²) in [5, 5.41) is 0. The fraction of sp³-hybridized carbons (Fsp3) is 0.647. The predicted molar refractivity (Wildman–Crippen MR) is 82.1 cm³/mol. The predicted octanol–water partition coefficient (Wildman–Crippen LogP) is 3.35. The molecule has 0 aromatic heterocycles. The quantitative estimate of drug-likeness (QED) is 0.923. The van der Waals surface area contributed by atoms with Gasteiger partial charge in [-0.05, 0) is 50.9 Å². The number of nitrogens with two attached hydrogens (primary N) is 1. The van der Waals surface area contributed by atoms with Gasteiger partial charge in [0, 0.05) is 11.6 Å². The maximum atomic E-state index is 13.9. The Morgan fingerprint density at radius 3 is 2.71 bits per heavy atom. The monoisotopic (exact) mass is 296 g/mol. The molecule has 118 valence electrons. The van der Waals surface area contributed by atoms with Gasteiger partial charge in [0.25, 0.3) is 0 Å². The summed E-state index contributed by atoms with van der Waals surface area (Å²) in [6.07, 6.45) is 4.75. The zero-order valence-electron chi connectivity index (χ0n) is 13.2. The molecule has 0 saturated heterocycles. The average Bonchev–Trinajstić information content (AvgIpc) is 2.43. The highest BCUT2D eigenvalue weighted by molar-refractivity contribution is 5.21. The van der Waals surface area contributed by atoms with Crippen LogP contribution in [0.15, 0.2) is 18.2 Å². The maximum Gasteiger partial charge on any atom is 0.162 e. The van der Waals surface area contributed by atoms with Crippen LogP contribution < -0.4 is 5.73 Å². The number of hydrogen-bond acceptors (Lipinski definition) is 2. The lowest BCUT2D eigenvalue weighted by Gasteiger charge is -2.49.